The van der Waals surface area contributed by atoms with Crippen molar-refractivity contribution < 1.29 is 0 Å². The summed E-state index contributed by atoms with van der Waals surface area (Å²) >= 11 is 0. The lowest BCUT2D eigenvalue weighted by molar-refractivity contribution is 0.747. The third kappa shape index (κ3) is 8.33. The Balaban J connectivity index is 0.817. The Morgan fingerprint density at radius 2 is 0.810 bits per heavy atom. The zero-order valence-electron chi connectivity index (χ0n) is 46.2. The summed E-state index contributed by atoms with van der Waals surface area (Å²) in [5, 5.41) is 9.84. The molecule has 2 nitrogen and oxygen atoms in total. The van der Waals surface area contributed by atoms with Crippen LogP contribution in [0, 0.1) is 0 Å². The summed E-state index contributed by atoms with van der Waals surface area (Å²) in [5.41, 5.74) is 21.8. The molecule has 1 aliphatic carbocycles. The second kappa shape index (κ2) is 20.6. The summed E-state index contributed by atoms with van der Waals surface area (Å²) in [6.45, 7) is 0. The molecule has 2 atom stereocenters. The van der Waals surface area contributed by atoms with Gasteiger partial charge in [-0.1, -0.05) is 267 Å². The average molecular weight is 1070 g/mol. The van der Waals surface area contributed by atoms with Crippen LogP contribution < -0.4 is 9.80 Å². The molecule has 0 fully saturated rings. The van der Waals surface area contributed by atoms with E-state index in [1.165, 1.54) is 121 Å². The molecule has 0 bridgehead atoms. The molecule has 0 amide bonds. The van der Waals surface area contributed by atoms with Crippen LogP contribution >= 0.6 is 0 Å². The Kier molecular flexibility index (Phi) is 12.0. The second-order valence-electron chi connectivity index (χ2n) is 22.2. The van der Waals surface area contributed by atoms with Crippen molar-refractivity contribution in [2.45, 2.75) is 12.0 Å². The quantitative estimate of drug-likeness (QED) is 0.126. The number of fused-ring (bicyclic) bond motifs is 7. The van der Waals surface area contributed by atoms with Crippen LogP contribution in [0.1, 0.15) is 17.0 Å². The topological polar surface area (TPSA) is 6.48 Å². The predicted octanol–water partition coefficient (Wildman–Crippen LogP) is 22.4. The Hall–Kier alpha value is -10.8. The monoisotopic (exact) mass is 1070 g/mol. The third-order valence-corrected chi connectivity index (χ3v) is 17.6. The van der Waals surface area contributed by atoms with Gasteiger partial charge in [0.05, 0.1) is 11.7 Å². The standard InChI is InChI=1S/C82H56N2/c1-4-23-56(24-5-1)65-30-12-14-32-67(65)59-44-50-79-76(53-59)77-54-60(68-33-15-13-31-66(68)57-25-6-2-7-26-57)45-51-80(77)84(79)64-48-46-63(47-49-64)83(62-28-8-3-9-29-62)78-41-21-38-69-70(78)39-20-40-71(69)82-74-36-18-16-34-72(74)81(73-35-17-19-37-75(73)82)61-43-42-55-22-10-11-27-58(55)52-61/h1-54,76,79H. The highest BCUT2D eigenvalue weighted by molar-refractivity contribution is 6.24. The summed E-state index contributed by atoms with van der Waals surface area (Å²) in [5.74, 6) is 0.0992. The highest BCUT2D eigenvalue weighted by atomic mass is 15.2. The summed E-state index contributed by atoms with van der Waals surface area (Å²) < 4.78 is 0. The lowest BCUT2D eigenvalue weighted by Crippen LogP contribution is -2.29. The van der Waals surface area contributed by atoms with E-state index in [9.17, 15) is 0 Å². The summed E-state index contributed by atoms with van der Waals surface area (Å²) in [6.07, 6.45) is 7.34. The number of allylic oxidation sites excluding steroid dienone is 2. The minimum absolute atomic E-state index is 0.0635. The maximum Gasteiger partial charge on any atom is 0.0630 e. The van der Waals surface area contributed by atoms with Crippen molar-refractivity contribution in [3.05, 3.63) is 339 Å². The molecule has 1 aliphatic heterocycles. The van der Waals surface area contributed by atoms with Crippen molar-refractivity contribution in [1.82, 2.24) is 0 Å². The zero-order valence-corrected chi connectivity index (χ0v) is 46.2. The molecule has 16 rings (SSSR count). The van der Waals surface area contributed by atoms with E-state index in [0.29, 0.717) is 0 Å². The van der Waals surface area contributed by atoms with E-state index in [0.717, 1.165) is 22.7 Å². The van der Waals surface area contributed by atoms with E-state index in [2.05, 4.69) is 337 Å². The van der Waals surface area contributed by atoms with Gasteiger partial charge in [-0.3, -0.25) is 0 Å². The van der Waals surface area contributed by atoms with Crippen molar-refractivity contribution >= 4 is 77.1 Å². The third-order valence-electron chi connectivity index (χ3n) is 17.6. The van der Waals surface area contributed by atoms with Gasteiger partial charge in [-0.05, 0) is 171 Å². The maximum absolute atomic E-state index is 2.57. The number of rotatable bonds is 10. The van der Waals surface area contributed by atoms with E-state index in [-0.39, 0.29) is 12.0 Å². The molecule has 0 aromatic heterocycles. The normalized spacial score (nSPS) is 14.4. The van der Waals surface area contributed by atoms with Crippen LogP contribution in [-0.2, 0) is 0 Å². The SMILES string of the molecule is C1=CC2C(C=C1c1ccccc1-c1ccccc1)c1cc(-c3ccccc3-c3ccccc3)ccc1N2c1ccc(N(c2ccccc2)c2cccc3c(-c4c5ccccc5c(-c5ccc6ccccc6c5)c5ccccc45)cccc23)cc1. The molecule has 2 aliphatic rings. The largest absolute Gasteiger partial charge is 0.333 e. The highest BCUT2D eigenvalue weighted by Crippen LogP contribution is 2.53. The van der Waals surface area contributed by atoms with E-state index in [1.54, 1.807) is 0 Å². The number of hydrogen-bond donors (Lipinski definition) is 0. The van der Waals surface area contributed by atoms with Crippen molar-refractivity contribution in [3.63, 3.8) is 0 Å². The van der Waals surface area contributed by atoms with Gasteiger partial charge in [-0.15, -0.1) is 0 Å². The molecule has 394 valence electrons. The highest BCUT2D eigenvalue weighted by Gasteiger charge is 2.39. The number of benzene rings is 14. The van der Waals surface area contributed by atoms with Gasteiger partial charge in [-0.2, -0.15) is 0 Å². The maximum atomic E-state index is 2.57. The van der Waals surface area contributed by atoms with E-state index in [4.69, 9.17) is 0 Å². The number of nitrogens with zero attached hydrogens (tertiary/aromatic N) is 2. The van der Waals surface area contributed by atoms with Gasteiger partial charge < -0.3 is 9.80 Å². The van der Waals surface area contributed by atoms with E-state index in [1.807, 2.05) is 0 Å². The molecule has 0 N–H and O–H groups in total. The summed E-state index contributed by atoms with van der Waals surface area (Å²) in [4.78, 5) is 5.01. The Morgan fingerprint density at radius 3 is 1.49 bits per heavy atom. The van der Waals surface area contributed by atoms with Crippen molar-refractivity contribution in [2.75, 3.05) is 9.80 Å². The molecule has 0 saturated carbocycles. The van der Waals surface area contributed by atoms with Crippen molar-refractivity contribution in [1.29, 1.82) is 0 Å². The first-order chi connectivity index (χ1) is 41.7. The summed E-state index contributed by atoms with van der Waals surface area (Å²) in [6, 6.07) is 114. The molecular weight excluding hydrogens is 1010 g/mol. The number of hydrogen-bond acceptors (Lipinski definition) is 2. The van der Waals surface area contributed by atoms with Gasteiger partial charge in [-0.25, -0.2) is 0 Å². The molecular formula is C82H56N2. The van der Waals surface area contributed by atoms with Crippen LogP contribution in [0.3, 0.4) is 0 Å². The van der Waals surface area contributed by atoms with E-state index >= 15 is 0 Å². The van der Waals surface area contributed by atoms with E-state index < -0.39 is 0 Å². The van der Waals surface area contributed by atoms with Crippen LogP contribution in [0.25, 0.3) is 104 Å². The predicted molar refractivity (Wildman–Crippen MR) is 357 cm³/mol. The lowest BCUT2D eigenvalue weighted by atomic mass is 9.83. The first-order valence-electron chi connectivity index (χ1n) is 29.2. The minimum atomic E-state index is 0.0635. The number of para-hydroxylation sites is 1. The molecule has 84 heavy (non-hydrogen) atoms. The molecule has 14 aromatic carbocycles. The Morgan fingerprint density at radius 1 is 0.310 bits per heavy atom. The zero-order chi connectivity index (χ0) is 55.5. The van der Waals surface area contributed by atoms with Gasteiger partial charge in [0, 0.05) is 34.1 Å². The average Bonchev–Trinajstić information content (AvgIpc) is 2.13. The van der Waals surface area contributed by atoms with Crippen LogP contribution in [0.5, 0.6) is 0 Å². The van der Waals surface area contributed by atoms with Gasteiger partial charge in [0.2, 0.25) is 0 Å². The molecule has 1 heterocycles. The molecule has 2 heteroatoms. The molecule has 2 unspecified atom stereocenters. The van der Waals surface area contributed by atoms with Gasteiger partial charge >= 0.3 is 0 Å². The number of anilines is 5. The lowest BCUT2D eigenvalue weighted by Gasteiger charge is -2.31. The molecule has 0 spiro atoms. The fourth-order valence-electron chi connectivity index (χ4n) is 13.8. The van der Waals surface area contributed by atoms with Crippen molar-refractivity contribution in [3.8, 4) is 55.6 Å². The summed E-state index contributed by atoms with van der Waals surface area (Å²) in [7, 11) is 0. The molecule has 14 aromatic rings. The molecule has 0 saturated heterocycles. The van der Waals surface area contributed by atoms with Gasteiger partial charge in [0.15, 0.2) is 0 Å². The fraction of sp³-hybridized carbons (Fsp3) is 0.0244. The second-order valence-corrected chi connectivity index (χ2v) is 22.2. The first-order valence-corrected chi connectivity index (χ1v) is 29.2. The van der Waals surface area contributed by atoms with Gasteiger partial charge in [0.1, 0.15) is 0 Å². The molecule has 0 radical (unpaired) electrons. The van der Waals surface area contributed by atoms with Crippen molar-refractivity contribution in [2.24, 2.45) is 0 Å². The minimum Gasteiger partial charge on any atom is -0.333 e. The first kappa shape index (κ1) is 49.1. The van der Waals surface area contributed by atoms with Crippen LogP contribution in [0.4, 0.5) is 28.4 Å². The van der Waals surface area contributed by atoms with Crippen LogP contribution in [0.2, 0.25) is 0 Å². The van der Waals surface area contributed by atoms with Crippen LogP contribution in [-0.4, -0.2) is 6.04 Å². The Labute approximate surface area is 490 Å². The smallest absolute Gasteiger partial charge is 0.0630 e. The fourth-order valence-corrected chi connectivity index (χ4v) is 13.8. The van der Waals surface area contributed by atoms with Crippen LogP contribution in [0.15, 0.2) is 328 Å². The Bertz CT molecular complexity index is 4850. The van der Waals surface area contributed by atoms with Gasteiger partial charge in [0.25, 0.3) is 0 Å².